The van der Waals surface area contributed by atoms with Crippen molar-refractivity contribution in [2.75, 3.05) is 19.5 Å². The highest BCUT2D eigenvalue weighted by atomic mass is 32.2. The van der Waals surface area contributed by atoms with E-state index in [1.165, 1.54) is 18.9 Å². The molecule has 0 bridgehead atoms. The first kappa shape index (κ1) is 16.6. The fourth-order valence-electron chi connectivity index (χ4n) is 1.52. The van der Waals surface area contributed by atoms with Gasteiger partial charge in [0.2, 0.25) is 5.76 Å². The lowest BCUT2D eigenvalue weighted by molar-refractivity contribution is -0.144. The van der Waals surface area contributed by atoms with Crippen LogP contribution in [0.2, 0.25) is 0 Å². The van der Waals surface area contributed by atoms with Gasteiger partial charge in [-0.25, -0.2) is 4.79 Å². The summed E-state index contributed by atoms with van der Waals surface area (Å²) in [6.07, 6.45) is 0. The molecule has 0 aromatic carbocycles. The van der Waals surface area contributed by atoms with Crippen LogP contribution < -0.4 is 5.73 Å². The summed E-state index contributed by atoms with van der Waals surface area (Å²) in [5.74, 6) is 0.881. The van der Waals surface area contributed by atoms with Gasteiger partial charge in [-0.2, -0.15) is 11.8 Å². The molecule has 0 radical (unpaired) electrons. The number of hydrogen-bond acceptors (Lipinski definition) is 7. The number of methoxy groups -OCH3 is 1. The van der Waals surface area contributed by atoms with Crippen LogP contribution in [-0.2, 0) is 20.0 Å². The molecule has 0 saturated heterocycles. The molecule has 112 valence electrons. The van der Waals surface area contributed by atoms with E-state index in [9.17, 15) is 9.59 Å². The molecule has 7 heteroatoms. The Morgan fingerprint density at radius 1 is 1.50 bits per heavy atom. The highest BCUT2D eigenvalue weighted by Crippen LogP contribution is 2.20. The Morgan fingerprint density at radius 2 is 2.20 bits per heavy atom. The lowest BCUT2D eigenvalue weighted by atomic mass is 10.3. The SMILES string of the molecule is CCOC(=O)C(N)CSCc1cc(C)c(C(=O)OC)o1. The number of furan rings is 1. The van der Waals surface area contributed by atoms with Crippen molar-refractivity contribution >= 4 is 23.7 Å². The molecule has 1 aromatic rings. The van der Waals surface area contributed by atoms with Crippen LogP contribution in [0, 0.1) is 6.92 Å². The van der Waals surface area contributed by atoms with E-state index < -0.39 is 18.0 Å². The number of ether oxygens (including phenoxy) is 2. The Hall–Kier alpha value is -1.47. The van der Waals surface area contributed by atoms with Crippen LogP contribution in [0.4, 0.5) is 0 Å². The number of carbonyl (C=O) groups is 2. The topological polar surface area (TPSA) is 91.8 Å². The predicted octanol–water partition coefficient (Wildman–Crippen LogP) is 1.50. The minimum Gasteiger partial charge on any atom is -0.465 e. The molecule has 0 saturated carbocycles. The normalized spacial score (nSPS) is 12.0. The smallest absolute Gasteiger partial charge is 0.374 e. The fraction of sp³-hybridized carbons (Fsp3) is 0.538. The predicted molar refractivity (Wildman–Crippen MR) is 75.6 cm³/mol. The first-order chi connectivity index (χ1) is 9.49. The molecule has 0 aliphatic rings. The second kappa shape index (κ2) is 7.96. The molecule has 1 atom stereocenters. The maximum atomic E-state index is 11.4. The minimum absolute atomic E-state index is 0.206. The number of hydrogen-bond donors (Lipinski definition) is 1. The van der Waals surface area contributed by atoms with Gasteiger partial charge in [0.15, 0.2) is 0 Å². The quantitative estimate of drug-likeness (QED) is 0.763. The third-order valence-electron chi connectivity index (χ3n) is 2.47. The standard InChI is InChI=1S/C13H19NO5S/c1-4-18-12(15)10(14)7-20-6-9-5-8(2)11(19-9)13(16)17-3/h5,10H,4,6-7,14H2,1-3H3. The number of esters is 2. The summed E-state index contributed by atoms with van der Waals surface area (Å²) in [7, 11) is 1.30. The summed E-state index contributed by atoms with van der Waals surface area (Å²) in [5.41, 5.74) is 6.40. The molecule has 1 rings (SSSR count). The maximum Gasteiger partial charge on any atom is 0.374 e. The second-order valence-corrected chi connectivity index (χ2v) is 5.12. The summed E-state index contributed by atoms with van der Waals surface area (Å²) in [5, 5.41) is 0. The Morgan fingerprint density at radius 3 is 2.80 bits per heavy atom. The van der Waals surface area contributed by atoms with E-state index >= 15 is 0 Å². The van der Waals surface area contributed by atoms with Crippen molar-refractivity contribution in [1.29, 1.82) is 0 Å². The summed E-state index contributed by atoms with van der Waals surface area (Å²) >= 11 is 1.44. The lowest BCUT2D eigenvalue weighted by Crippen LogP contribution is -2.34. The minimum atomic E-state index is -0.656. The van der Waals surface area contributed by atoms with Crippen LogP contribution in [-0.4, -0.2) is 37.4 Å². The average molecular weight is 301 g/mol. The van der Waals surface area contributed by atoms with Gasteiger partial charge in [-0.05, 0) is 19.9 Å². The molecule has 0 aliphatic heterocycles. The number of rotatable bonds is 7. The summed E-state index contributed by atoms with van der Waals surface area (Å²) in [6, 6.07) is 1.12. The molecule has 0 amide bonds. The van der Waals surface area contributed by atoms with Crippen LogP contribution >= 0.6 is 11.8 Å². The zero-order valence-corrected chi connectivity index (χ0v) is 12.6. The van der Waals surface area contributed by atoms with Crippen molar-refractivity contribution < 1.29 is 23.5 Å². The lowest BCUT2D eigenvalue weighted by Gasteiger charge is -2.09. The highest BCUT2D eigenvalue weighted by molar-refractivity contribution is 7.98. The van der Waals surface area contributed by atoms with Gasteiger partial charge in [-0.3, -0.25) is 4.79 Å². The van der Waals surface area contributed by atoms with Gasteiger partial charge in [-0.1, -0.05) is 0 Å². The Labute approximate surface area is 122 Å². The van der Waals surface area contributed by atoms with Gasteiger partial charge in [0.1, 0.15) is 11.8 Å². The van der Waals surface area contributed by atoms with Crippen LogP contribution in [0.25, 0.3) is 0 Å². The van der Waals surface area contributed by atoms with Gasteiger partial charge in [0, 0.05) is 11.3 Å². The van der Waals surface area contributed by atoms with Crippen LogP contribution in [0.5, 0.6) is 0 Å². The average Bonchev–Trinajstić information content (AvgIpc) is 2.79. The van der Waals surface area contributed by atoms with E-state index in [0.717, 1.165) is 5.56 Å². The van der Waals surface area contributed by atoms with E-state index in [-0.39, 0.29) is 5.76 Å². The molecule has 1 aromatic heterocycles. The van der Waals surface area contributed by atoms with Crippen molar-refractivity contribution in [3.05, 3.63) is 23.2 Å². The van der Waals surface area contributed by atoms with Gasteiger partial charge >= 0.3 is 11.9 Å². The van der Waals surface area contributed by atoms with Crippen molar-refractivity contribution in [2.45, 2.75) is 25.6 Å². The maximum absolute atomic E-state index is 11.4. The van der Waals surface area contributed by atoms with Crippen molar-refractivity contribution in [3.63, 3.8) is 0 Å². The molecular weight excluding hydrogens is 282 g/mol. The van der Waals surface area contributed by atoms with Crippen LogP contribution in [0.15, 0.2) is 10.5 Å². The number of thioether (sulfide) groups is 1. The molecule has 1 unspecified atom stereocenters. The Kier molecular flexibility index (Phi) is 6.60. The largest absolute Gasteiger partial charge is 0.465 e. The van der Waals surface area contributed by atoms with Crippen LogP contribution in [0.1, 0.15) is 28.8 Å². The van der Waals surface area contributed by atoms with E-state index in [1.807, 2.05) is 0 Å². The monoisotopic (exact) mass is 301 g/mol. The molecular formula is C13H19NO5S. The van der Waals surface area contributed by atoms with E-state index in [4.69, 9.17) is 14.9 Å². The number of aryl methyl sites for hydroxylation is 1. The summed E-state index contributed by atoms with van der Waals surface area (Å²) < 4.78 is 14.8. The summed E-state index contributed by atoms with van der Waals surface area (Å²) in [6.45, 7) is 3.82. The fourth-order valence-corrected chi connectivity index (χ4v) is 2.37. The zero-order chi connectivity index (χ0) is 15.1. The third-order valence-corrected chi connectivity index (χ3v) is 3.55. The number of carbonyl (C=O) groups excluding carboxylic acids is 2. The zero-order valence-electron chi connectivity index (χ0n) is 11.8. The van der Waals surface area contributed by atoms with Gasteiger partial charge in [0.25, 0.3) is 0 Å². The van der Waals surface area contributed by atoms with Crippen molar-refractivity contribution in [1.82, 2.24) is 0 Å². The first-order valence-corrected chi connectivity index (χ1v) is 7.32. The van der Waals surface area contributed by atoms with E-state index in [2.05, 4.69) is 4.74 Å². The van der Waals surface area contributed by atoms with Gasteiger partial charge in [-0.15, -0.1) is 0 Å². The molecule has 0 aliphatic carbocycles. The van der Waals surface area contributed by atoms with E-state index in [0.29, 0.717) is 23.9 Å². The highest BCUT2D eigenvalue weighted by Gasteiger charge is 2.17. The molecule has 20 heavy (non-hydrogen) atoms. The Bertz CT molecular complexity index is 471. The first-order valence-electron chi connectivity index (χ1n) is 6.17. The van der Waals surface area contributed by atoms with Crippen molar-refractivity contribution in [2.24, 2.45) is 5.73 Å². The summed E-state index contributed by atoms with van der Waals surface area (Å²) in [4.78, 5) is 22.7. The van der Waals surface area contributed by atoms with E-state index in [1.54, 1.807) is 19.9 Å². The third kappa shape index (κ3) is 4.57. The molecule has 0 fully saturated rings. The number of nitrogens with two attached hydrogens (primary N) is 1. The van der Waals surface area contributed by atoms with Crippen LogP contribution in [0.3, 0.4) is 0 Å². The van der Waals surface area contributed by atoms with Crippen molar-refractivity contribution in [3.8, 4) is 0 Å². The van der Waals surface area contributed by atoms with Gasteiger partial charge in [0.05, 0.1) is 19.5 Å². The Balaban J connectivity index is 2.47. The molecule has 6 nitrogen and oxygen atoms in total. The molecule has 0 spiro atoms. The molecule has 1 heterocycles. The van der Waals surface area contributed by atoms with Gasteiger partial charge < -0.3 is 19.6 Å². The molecule has 2 N–H and O–H groups in total. The second-order valence-electron chi connectivity index (χ2n) is 4.09.